The van der Waals surface area contributed by atoms with Gasteiger partial charge in [0.15, 0.2) is 0 Å². The predicted octanol–water partition coefficient (Wildman–Crippen LogP) is 2.79. The number of pyridine rings is 1. The molecule has 2 aromatic rings. The Morgan fingerprint density at radius 1 is 1.56 bits per heavy atom. The summed E-state index contributed by atoms with van der Waals surface area (Å²) in [5.41, 5.74) is 1.65. The quantitative estimate of drug-likeness (QED) is 0.592. The Labute approximate surface area is 95.3 Å². The molecule has 0 unspecified atom stereocenters. The lowest BCUT2D eigenvalue weighted by atomic mass is 10.1. The van der Waals surface area contributed by atoms with Gasteiger partial charge in [-0.1, -0.05) is 11.3 Å². The van der Waals surface area contributed by atoms with E-state index in [1.165, 1.54) is 17.5 Å². The van der Waals surface area contributed by atoms with Gasteiger partial charge in [-0.3, -0.25) is 10.1 Å². The molecule has 0 radical (unpaired) electrons. The summed E-state index contributed by atoms with van der Waals surface area (Å²) in [5, 5.41) is 11.9. The number of aryl methyl sites for hydroxylation is 1. The zero-order chi connectivity index (χ0) is 11.3. The normalized spacial score (nSPS) is 15.6. The Bertz CT molecular complexity index is 589. The molecule has 5 nitrogen and oxygen atoms in total. The van der Waals surface area contributed by atoms with E-state index in [1.807, 2.05) is 6.92 Å². The molecule has 2 aromatic heterocycles. The molecule has 0 saturated heterocycles. The first-order valence-corrected chi connectivity index (χ1v) is 5.89. The van der Waals surface area contributed by atoms with E-state index in [0.29, 0.717) is 5.92 Å². The number of thiazole rings is 1. The molecule has 16 heavy (non-hydrogen) atoms. The Balaban J connectivity index is 2.34. The Morgan fingerprint density at radius 3 is 2.94 bits per heavy atom. The Kier molecular flexibility index (Phi) is 1.94. The summed E-state index contributed by atoms with van der Waals surface area (Å²) in [7, 11) is 0. The molecule has 0 aliphatic heterocycles. The van der Waals surface area contributed by atoms with Crippen molar-refractivity contribution in [3.05, 3.63) is 26.9 Å². The monoisotopic (exact) mass is 235 g/mol. The molecule has 0 spiro atoms. The van der Waals surface area contributed by atoms with E-state index in [0.717, 1.165) is 33.8 Å². The Morgan fingerprint density at radius 2 is 2.31 bits per heavy atom. The van der Waals surface area contributed by atoms with Gasteiger partial charge in [-0.2, -0.15) is 0 Å². The third-order valence-corrected chi connectivity index (χ3v) is 3.61. The topological polar surface area (TPSA) is 68.9 Å². The van der Waals surface area contributed by atoms with E-state index in [4.69, 9.17) is 0 Å². The summed E-state index contributed by atoms with van der Waals surface area (Å²) in [6, 6.07) is 0. The van der Waals surface area contributed by atoms with E-state index >= 15 is 0 Å². The third-order valence-electron chi connectivity index (χ3n) is 2.73. The van der Waals surface area contributed by atoms with Crippen molar-refractivity contribution >= 4 is 27.4 Å². The lowest BCUT2D eigenvalue weighted by Gasteiger charge is -2.00. The fourth-order valence-corrected chi connectivity index (χ4v) is 2.68. The number of hydrogen-bond donors (Lipinski definition) is 0. The van der Waals surface area contributed by atoms with Crippen LogP contribution in [0.3, 0.4) is 0 Å². The predicted molar refractivity (Wildman–Crippen MR) is 60.8 cm³/mol. The summed E-state index contributed by atoms with van der Waals surface area (Å²) >= 11 is 1.49. The maximum absolute atomic E-state index is 10.9. The second-order valence-corrected chi connectivity index (χ2v) is 5.16. The minimum absolute atomic E-state index is 0.125. The average Bonchev–Trinajstić information content (AvgIpc) is 2.97. The zero-order valence-electron chi connectivity index (χ0n) is 8.64. The van der Waals surface area contributed by atoms with Crippen molar-refractivity contribution in [2.75, 3.05) is 0 Å². The van der Waals surface area contributed by atoms with E-state index < -0.39 is 0 Å². The molecule has 3 rings (SSSR count). The lowest BCUT2D eigenvalue weighted by molar-refractivity contribution is -0.385. The van der Waals surface area contributed by atoms with Crippen LogP contribution in [0.5, 0.6) is 0 Å². The highest BCUT2D eigenvalue weighted by atomic mass is 32.1. The van der Waals surface area contributed by atoms with Gasteiger partial charge in [-0.15, -0.1) is 0 Å². The molecule has 1 aliphatic carbocycles. The fraction of sp³-hybridized carbons (Fsp3) is 0.400. The summed E-state index contributed by atoms with van der Waals surface area (Å²) < 4.78 is 0. The summed E-state index contributed by atoms with van der Waals surface area (Å²) in [6.07, 6.45) is 3.42. The van der Waals surface area contributed by atoms with E-state index in [-0.39, 0.29) is 10.6 Å². The molecule has 0 bridgehead atoms. The summed E-state index contributed by atoms with van der Waals surface area (Å²) in [4.78, 5) is 19.9. The molecule has 0 amide bonds. The highest BCUT2D eigenvalue weighted by Crippen LogP contribution is 2.47. The minimum Gasteiger partial charge on any atom is -0.258 e. The smallest absolute Gasteiger partial charge is 0.258 e. The SMILES string of the molecule is Cc1nc2c(C3CC3)c([N+](=O)[O-])cnc2s1. The first-order chi connectivity index (χ1) is 7.66. The maximum Gasteiger partial charge on any atom is 0.293 e. The van der Waals surface area contributed by atoms with Crippen molar-refractivity contribution in [3.63, 3.8) is 0 Å². The van der Waals surface area contributed by atoms with E-state index in [2.05, 4.69) is 9.97 Å². The van der Waals surface area contributed by atoms with Gasteiger partial charge in [-0.25, -0.2) is 9.97 Å². The van der Waals surface area contributed by atoms with Gasteiger partial charge in [-0.05, 0) is 25.7 Å². The first kappa shape index (κ1) is 9.65. The van der Waals surface area contributed by atoms with Crippen LogP contribution in [0.15, 0.2) is 6.20 Å². The van der Waals surface area contributed by atoms with Gasteiger partial charge < -0.3 is 0 Å². The molecular weight excluding hydrogens is 226 g/mol. The molecule has 1 aliphatic rings. The molecule has 2 heterocycles. The number of hydrogen-bond acceptors (Lipinski definition) is 5. The van der Waals surface area contributed by atoms with Crippen LogP contribution in [0.25, 0.3) is 10.3 Å². The van der Waals surface area contributed by atoms with Gasteiger partial charge >= 0.3 is 0 Å². The number of nitrogens with zero attached hydrogens (tertiary/aromatic N) is 3. The second kappa shape index (κ2) is 3.21. The molecule has 1 fully saturated rings. The molecule has 0 atom stereocenters. The van der Waals surface area contributed by atoms with Crippen LogP contribution in [-0.4, -0.2) is 14.9 Å². The molecular formula is C10H9N3O2S. The van der Waals surface area contributed by atoms with Gasteiger partial charge in [0.1, 0.15) is 16.5 Å². The lowest BCUT2D eigenvalue weighted by Crippen LogP contribution is -1.96. The molecule has 0 N–H and O–H groups in total. The van der Waals surface area contributed by atoms with Gasteiger partial charge in [0.2, 0.25) is 0 Å². The van der Waals surface area contributed by atoms with Crippen molar-refractivity contribution in [3.8, 4) is 0 Å². The largest absolute Gasteiger partial charge is 0.293 e. The van der Waals surface area contributed by atoms with Crippen molar-refractivity contribution < 1.29 is 4.92 Å². The number of rotatable bonds is 2. The zero-order valence-corrected chi connectivity index (χ0v) is 9.45. The van der Waals surface area contributed by atoms with Gasteiger partial charge in [0, 0.05) is 0 Å². The first-order valence-electron chi connectivity index (χ1n) is 5.07. The van der Waals surface area contributed by atoms with Gasteiger partial charge in [0.25, 0.3) is 5.69 Å². The average molecular weight is 235 g/mol. The van der Waals surface area contributed by atoms with Gasteiger partial charge in [0.05, 0.1) is 15.5 Å². The minimum atomic E-state index is -0.352. The van der Waals surface area contributed by atoms with Crippen molar-refractivity contribution in [1.82, 2.24) is 9.97 Å². The highest BCUT2D eigenvalue weighted by Gasteiger charge is 2.34. The number of nitro groups is 1. The van der Waals surface area contributed by atoms with Crippen LogP contribution < -0.4 is 0 Å². The Hall–Kier alpha value is -1.56. The molecule has 0 aromatic carbocycles. The van der Waals surface area contributed by atoms with E-state index in [9.17, 15) is 10.1 Å². The van der Waals surface area contributed by atoms with Crippen LogP contribution in [-0.2, 0) is 0 Å². The standard InChI is InChI=1S/C10H9N3O2S/c1-5-12-9-8(6-2-3-6)7(13(14)15)4-11-10(9)16-5/h4,6H,2-3H2,1H3. The number of fused-ring (bicyclic) bond motifs is 1. The number of aromatic nitrogens is 2. The fourth-order valence-electron chi connectivity index (χ4n) is 1.91. The maximum atomic E-state index is 10.9. The van der Waals surface area contributed by atoms with Crippen LogP contribution in [0.2, 0.25) is 0 Å². The van der Waals surface area contributed by atoms with Crippen LogP contribution >= 0.6 is 11.3 Å². The second-order valence-electron chi connectivity index (χ2n) is 3.98. The molecule has 82 valence electrons. The van der Waals surface area contributed by atoms with Crippen molar-refractivity contribution in [2.45, 2.75) is 25.7 Å². The van der Waals surface area contributed by atoms with E-state index in [1.54, 1.807) is 0 Å². The van der Waals surface area contributed by atoms with Crippen LogP contribution in [0.1, 0.15) is 29.3 Å². The summed E-state index contributed by atoms with van der Waals surface area (Å²) in [5.74, 6) is 0.312. The van der Waals surface area contributed by atoms with Crippen molar-refractivity contribution in [1.29, 1.82) is 0 Å². The molecule has 6 heteroatoms. The third kappa shape index (κ3) is 1.37. The van der Waals surface area contributed by atoms with Crippen LogP contribution in [0, 0.1) is 17.0 Å². The molecule has 1 saturated carbocycles. The summed E-state index contributed by atoms with van der Waals surface area (Å²) in [6.45, 7) is 1.90. The van der Waals surface area contributed by atoms with Crippen LogP contribution in [0.4, 0.5) is 5.69 Å². The highest BCUT2D eigenvalue weighted by molar-refractivity contribution is 7.18. The van der Waals surface area contributed by atoms with Crippen molar-refractivity contribution in [2.24, 2.45) is 0 Å².